The standard InChI is InChI=1S/C88H52N6O2/c1-4-17-53(18-5-1)75-51-64(41-43-67(75)62-38-35-56-42-47-78-82(76(56)50-62)73-27-12-13-32-77(73)95-78)87-91-83(57-20-6-2-7-21-57)90-86(92-87)63-25-14-24-60(49-63)61-40-45-74-80(52-61)96-79-48-46-69-66(28-15-30-71(69)81(74)79)55-33-36-59(37-34-55)85-89-84(58-22-8-3-9-23-58)93-88(94-85)72-31-16-29-68-65-26-11-10-19-54(65)39-44-70(68)72/h1-52H. The van der Waals surface area contributed by atoms with Gasteiger partial charge in [0.1, 0.15) is 22.3 Å². The minimum atomic E-state index is 0.571. The van der Waals surface area contributed by atoms with Crippen LogP contribution in [0.3, 0.4) is 0 Å². The molecule has 0 aliphatic carbocycles. The van der Waals surface area contributed by atoms with Crippen LogP contribution >= 0.6 is 0 Å². The number of rotatable bonds is 10. The Morgan fingerprint density at radius 1 is 0.167 bits per heavy atom. The van der Waals surface area contributed by atoms with Gasteiger partial charge >= 0.3 is 0 Å². The molecule has 446 valence electrons. The van der Waals surface area contributed by atoms with Crippen LogP contribution in [0.1, 0.15) is 0 Å². The lowest BCUT2D eigenvalue weighted by Crippen LogP contribution is -2.00. The Balaban J connectivity index is 0.659. The predicted octanol–water partition coefficient (Wildman–Crippen LogP) is 23.1. The third-order valence-corrected chi connectivity index (χ3v) is 18.8. The van der Waals surface area contributed by atoms with E-state index in [0.717, 1.165) is 154 Å². The lowest BCUT2D eigenvalue weighted by atomic mass is 9.91. The predicted molar refractivity (Wildman–Crippen MR) is 392 cm³/mol. The van der Waals surface area contributed by atoms with Crippen molar-refractivity contribution in [2.24, 2.45) is 0 Å². The number of aromatic nitrogens is 6. The summed E-state index contributed by atoms with van der Waals surface area (Å²) in [6, 6.07) is 110. The molecule has 96 heavy (non-hydrogen) atoms. The Labute approximate surface area is 550 Å². The Morgan fingerprint density at radius 2 is 0.594 bits per heavy atom. The zero-order chi connectivity index (χ0) is 63.2. The molecule has 15 aromatic carbocycles. The first kappa shape index (κ1) is 54.7. The fourth-order valence-electron chi connectivity index (χ4n) is 14.1. The highest BCUT2D eigenvalue weighted by Crippen LogP contribution is 2.44. The number of para-hydroxylation sites is 1. The molecule has 8 nitrogen and oxygen atoms in total. The largest absolute Gasteiger partial charge is 0.456 e. The van der Waals surface area contributed by atoms with Gasteiger partial charge in [0.05, 0.1) is 0 Å². The summed E-state index contributed by atoms with van der Waals surface area (Å²) in [4.78, 5) is 31.1. The maximum Gasteiger partial charge on any atom is 0.164 e. The Hall–Kier alpha value is -13.0. The normalized spacial score (nSPS) is 11.8. The van der Waals surface area contributed by atoms with Crippen molar-refractivity contribution in [2.45, 2.75) is 0 Å². The van der Waals surface area contributed by atoms with Gasteiger partial charge < -0.3 is 8.83 Å². The molecule has 19 rings (SSSR count). The summed E-state index contributed by atoms with van der Waals surface area (Å²) in [5.74, 6) is 3.59. The van der Waals surface area contributed by atoms with Gasteiger partial charge in [-0.15, -0.1) is 0 Å². The highest BCUT2D eigenvalue weighted by atomic mass is 16.3. The number of furan rings is 2. The molecular formula is C88H52N6O2. The molecule has 0 unspecified atom stereocenters. The second kappa shape index (κ2) is 22.4. The fraction of sp³-hybridized carbons (Fsp3) is 0. The molecule has 0 bridgehead atoms. The molecular weight excluding hydrogens is 1170 g/mol. The van der Waals surface area contributed by atoms with Crippen molar-refractivity contribution in [3.05, 3.63) is 315 Å². The van der Waals surface area contributed by atoms with E-state index in [9.17, 15) is 0 Å². The van der Waals surface area contributed by atoms with Crippen LogP contribution in [0.15, 0.2) is 324 Å². The summed E-state index contributed by atoms with van der Waals surface area (Å²) in [6.45, 7) is 0. The van der Waals surface area contributed by atoms with Crippen LogP contribution < -0.4 is 0 Å². The SMILES string of the molecule is c1ccc(-c2nc(-c3cccc(-c4ccc5c(c4)oc4ccc6c(-c7ccc(-c8nc(-c9ccccc9)nc(-c9cccc%10c9ccc9ccccc9%10)n8)cc7)cccc6c45)c3)nc(-c3ccc(-c4ccc5ccc6oc7ccccc7c6c5c4)c(-c4ccccc4)c3)n2)cc1. The molecule has 0 radical (unpaired) electrons. The van der Waals surface area contributed by atoms with Crippen LogP contribution in [-0.2, 0) is 0 Å². The van der Waals surface area contributed by atoms with Gasteiger partial charge in [0.25, 0.3) is 0 Å². The van der Waals surface area contributed by atoms with Gasteiger partial charge in [0.15, 0.2) is 34.9 Å². The first-order valence-corrected chi connectivity index (χ1v) is 32.2. The van der Waals surface area contributed by atoms with Crippen molar-refractivity contribution in [2.75, 3.05) is 0 Å². The Morgan fingerprint density at radius 3 is 1.34 bits per heavy atom. The highest BCUT2D eigenvalue weighted by Gasteiger charge is 2.21. The molecule has 0 atom stereocenters. The summed E-state index contributed by atoms with van der Waals surface area (Å²) in [5.41, 5.74) is 17.4. The number of benzene rings is 15. The number of nitrogens with zero attached hydrogens (tertiary/aromatic N) is 6. The van der Waals surface area contributed by atoms with Crippen molar-refractivity contribution in [3.63, 3.8) is 0 Å². The van der Waals surface area contributed by atoms with Crippen molar-refractivity contribution in [1.29, 1.82) is 0 Å². The average Bonchev–Trinajstić information content (AvgIpc) is 1.40. The van der Waals surface area contributed by atoms with Crippen LogP contribution in [-0.4, -0.2) is 29.9 Å². The minimum absolute atomic E-state index is 0.571. The lowest BCUT2D eigenvalue weighted by molar-refractivity contribution is 0.669. The van der Waals surface area contributed by atoms with E-state index in [1.165, 1.54) is 10.8 Å². The van der Waals surface area contributed by atoms with Gasteiger partial charge in [-0.3, -0.25) is 0 Å². The molecule has 0 saturated carbocycles. The Kier molecular flexibility index (Phi) is 12.7. The quantitative estimate of drug-likeness (QED) is 0.125. The summed E-state index contributed by atoms with van der Waals surface area (Å²) in [5, 5.41) is 13.5. The Bertz CT molecular complexity index is 6320. The molecule has 0 fully saturated rings. The van der Waals surface area contributed by atoms with Gasteiger partial charge in [-0.2, -0.15) is 0 Å². The molecule has 0 spiro atoms. The lowest BCUT2D eigenvalue weighted by Gasteiger charge is -2.15. The van der Waals surface area contributed by atoms with Gasteiger partial charge in [0, 0.05) is 54.9 Å². The van der Waals surface area contributed by atoms with Crippen molar-refractivity contribution in [3.8, 4) is 113 Å². The van der Waals surface area contributed by atoms with Gasteiger partial charge in [-0.25, -0.2) is 29.9 Å². The van der Waals surface area contributed by atoms with Crippen LogP contribution in [0.4, 0.5) is 0 Å². The van der Waals surface area contributed by atoms with E-state index in [1.807, 2.05) is 72.8 Å². The minimum Gasteiger partial charge on any atom is -0.456 e. The van der Waals surface area contributed by atoms with Crippen molar-refractivity contribution < 1.29 is 8.83 Å². The second-order valence-corrected chi connectivity index (χ2v) is 24.4. The zero-order valence-corrected chi connectivity index (χ0v) is 51.5. The molecule has 0 aliphatic heterocycles. The third kappa shape index (κ3) is 9.38. The van der Waals surface area contributed by atoms with E-state index in [2.05, 4.69) is 243 Å². The molecule has 0 aliphatic rings. The smallest absolute Gasteiger partial charge is 0.164 e. The van der Waals surface area contributed by atoms with Crippen LogP contribution in [0.25, 0.3) is 200 Å². The number of fused-ring (bicyclic) bond motifs is 13. The van der Waals surface area contributed by atoms with E-state index in [0.29, 0.717) is 34.9 Å². The first-order valence-electron chi connectivity index (χ1n) is 32.2. The molecule has 4 heterocycles. The molecule has 8 heteroatoms. The maximum atomic E-state index is 6.77. The average molecular weight is 1230 g/mol. The van der Waals surface area contributed by atoms with E-state index in [-0.39, 0.29) is 0 Å². The van der Waals surface area contributed by atoms with Crippen molar-refractivity contribution >= 4 is 87.0 Å². The molecule has 0 N–H and O–H groups in total. The van der Waals surface area contributed by atoms with Crippen LogP contribution in [0.2, 0.25) is 0 Å². The summed E-state index contributed by atoms with van der Waals surface area (Å²) < 4.78 is 13.1. The summed E-state index contributed by atoms with van der Waals surface area (Å²) in [6.07, 6.45) is 0. The van der Waals surface area contributed by atoms with E-state index in [1.54, 1.807) is 0 Å². The van der Waals surface area contributed by atoms with E-state index < -0.39 is 0 Å². The summed E-state index contributed by atoms with van der Waals surface area (Å²) in [7, 11) is 0. The number of hydrogen-bond acceptors (Lipinski definition) is 8. The zero-order valence-electron chi connectivity index (χ0n) is 51.5. The van der Waals surface area contributed by atoms with Gasteiger partial charge in [0.2, 0.25) is 0 Å². The van der Waals surface area contributed by atoms with Crippen LogP contribution in [0.5, 0.6) is 0 Å². The third-order valence-electron chi connectivity index (χ3n) is 18.8. The van der Waals surface area contributed by atoms with Crippen molar-refractivity contribution in [1.82, 2.24) is 29.9 Å². The summed E-state index contributed by atoms with van der Waals surface area (Å²) >= 11 is 0. The number of hydrogen-bond donors (Lipinski definition) is 0. The molecule has 0 saturated heterocycles. The molecule has 0 amide bonds. The fourth-order valence-corrected chi connectivity index (χ4v) is 14.1. The topological polar surface area (TPSA) is 104 Å². The van der Waals surface area contributed by atoms with E-state index in [4.69, 9.17) is 38.7 Å². The molecule has 19 aromatic rings. The highest BCUT2D eigenvalue weighted by molar-refractivity contribution is 6.22. The molecule has 4 aromatic heterocycles. The second-order valence-electron chi connectivity index (χ2n) is 24.4. The first-order chi connectivity index (χ1) is 47.5. The van der Waals surface area contributed by atoms with Gasteiger partial charge in [-0.05, 0) is 136 Å². The van der Waals surface area contributed by atoms with E-state index >= 15 is 0 Å². The van der Waals surface area contributed by atoms with Gasteiger partial charge in [-0.1, -0.05) is 267 Å². The monoisotopic (exact) mass is 1220 g/mol. The van der Waals surface area contributed by atoms with Crippen LogP contribution in [0, 0.1) is 0 Å². The maximum absolute atomic E-state index is 6.77.